The van der Waals surface area contributed by atoms with Crippen molar-refractivity contribution >= 4 is 34.5 Å². The number of nitrogens with zero attached hydrogens (tertiary/aromatic N) is 4. The number of hydrogen-bond donors (Lipinski definition) is 2. The highest BCUT2D eigenvalue weighted by Gasteiger charge is 2.35. The van der Waals surface area contributed by atoms with Gasteiger partial charge in [0.15, 0.2) is 11.5 Å². The molecule has 1 aliphatic rings. The molecule has 1 aliphatic carbocycles. The van der Waals surface area contributed by atoms with Gasteiger partial charge in [-0.05, 0) is 67.8 Å². The zero-order chi connectivity index (χ0) is 30.3. The topological polar surface area (TPSA) is 136 Å². The van der Waals surface area contributed by atoms with Gasteiger partial charge in [-0.2, -0.15) is 0 Å². The van der Waals surface area contributed by atoms with Crippen LogP contribution in [0.4, 0.5) is 5.69 Å². The van der Waals surface area contributed by atoms with Crippen molar-refractivity contribution in [2.75, 3.05) is 18.6 Å². The van der Waals surface area contributed by atoms with Gasteiger partial charge < -0.3 is 19.9 Å². The highest BCUT2D eigenvalue weighted by molar-refractivity contribution is 6.02. The Bertz CT molecular complexity index is 1610. The first-order chi connectivity index (χ1) is 20.9. The van der Waals surface area contributed by atoms with Crippen LogP contribution in [-0.4, -0.2) is 57.6 Å². The Hall–Kier alpha value is -4.93. The number of phenols is 1. The summed E-state index contributed by atoms with van der Waals surface area (Å²) in [4.78, 5) is 42.5. The number of fused-ring (bicyclic) bond motifs is 1. The largest absolute Gasteiger partial charge is 0.504 e. The molecule has 1 saturated carbocycles. The first kappa shape index (κ1) is 29.6. The number of methoxy groups -OCH3 is 1. The van der Waals surface area contributed by atoms with Crippen molar-refractivity contribution in [3.8, 4) is 11.5 Å². The lowest BCUT2D eigenvalue weighted by Crippen LogP contribution is -2.48. The van der Waals surface area contributed by atoms with Crippen molar-refractivity contribution in [1.29, 1.82) is 0 Å². The SMILES string of the molecule is CCOC(=O)c1cccc(N(C(=O)Cn2nnc3ccccc32)[C@@H](C(=O)NC2CCCCC2)c2ccc(OC)c(O)c2)c1. The first-order valence-corrected chi connectivity index (χ1v) is 14.4. The van der Waals surface area contributed by atoms with Crippen LogP contribution in [0.15, 0.2) is 66.7 Å². The summed E-state index contributed by atoms with van der Waals surface area (Å²) in [5, 5.41) is 22.2. The predicted molar refractivity (Wildman–Crippen MR) is 160 cm³/mol. The fourth-order valence-electron chi connectivity index (χ4n) is 5.49. The molecule has 0 unspecified atom stereocenters. The quantitative estimate of drug-likeness (QED) is 0.259. The second-order valence-corrected chi connectivity index (χ2v) is 10.4. The summed E-state index contributed by atoms with van der Waals surface area (Å²) >= 11 is 0. The van der Waals surface area contributed by atoms with E-state index in [0.29, 0.717) is 22.3 Å². The maximum Gasteiger partial charge on any atom is 0.338 e. The van der Waals surface area contributed by atoms with Gasteiger partial charge in [0, 0.05) is 11.7 Å². The number of aromatic hydroxyl groups is 1. The minimum absolute atomic E-state index is 0.0438. The van der Waals surface area contributed by atoms with Gasteiger partial charge in [0.1, 0.15) is 18.1 Å². The molecule has 11 nitrogen and oxygen atoms in total. The molecule has 2 amide bonds. The summed E-state index contributed by atoms with van der Waals surface area (Å²) in [7, 11) is 1.43. The average Bonchev–Trinajstić information content (AvgIpc) is 3.42. The molecule has 0 radical (unpaired) electrons. The zero-order valence-corrected chi connectivity index (χ0v) is 24.2. The number of ether oxygens (including phenoxy) is 2. The molecule has 11 heteroatoms. The van der Waals surface area contributed by atoms with E-state index in [-0.39, 0.29) is 36.3 Å². The summed E-state index contributed by atoms with van der Waals surface area (Å²) in [6.45, 7) is 1.66. The Balaban J connectivity index is 1.62. The zero-order valence-electron chi connectivity index (χ0n) is 24.2. The van der Waals surface area contributed by atoms with Gasteiger partial charge in [-0.25, -0.2) is 9.48 Å². The lowest BCUT2D eigenvalue weighted by Gasteiger charge is -2.33. The Morgan fingerprint density at radius 1 is 1.05 bits per heavy atom. The lowest BCUT2D eigenvalue weighted by atomic mass is 9.94. The summed E-state index contributed by atoms with van der Waals surface area (Å²) in [6.07, 6.45) is 4.79. The highest BCUT2D eigenvalue weighted by atomic mass is 16.5. The molecule has 3 aromatic carbocycles. The first-order valence-electron chi connectivity index (χ1n) is 14.4. The van der Waals surface area contributed by atoms with Gasteiger partial charge in [0.25, 0.3) is 0 Å². The minimum atomic E-state index is -1.20. The third-order valence-electron chi connectivity index (χ3n) is 7.59. The number of rotatable bonds is 10. The molecule has 0 saturated heterocycles. The number of aromatic nitrogens is 3. The van der Waals surface area contributed by atoms with E-state index in [4.69, 9.17) is 9.47 Å². The standard InChI is InChI=1S/C32H35N5O6/c1-3-43-32(41)22-10-9-13-24(18-22)37(29(39)20-36-26-15-8-7-14-25(26)34-35-36)30(21-16-17-28(42-2)27(38)19-21)31(40)33-23-11-5-4-6-12-23/h7-10,13-19,23,30,38H,3-6,11-12,20H2,1-2H3,(H,33,40)/t30-/m1/s1. The molecule has 4 aromatic rings. The Kier molecular flexibility index (Phi) is 9.19. The average molecular weight is 586 g/mol. The van der Waals surface area contributed by atoms with Crippen molar-refractivity contribution in [3.63, 3.8) is 0 Å². The summed E-state index contributed by atoms with van der Waals surface area (Å²) in [6, 6.07) is 17.0. The van der Waals surface area contributed by atoms with Gasteiger partial charge in [-0.3, -0.25) is 14.5 Å². The number of carbonyl (C=O) groups is 3. The number of esters is 1. The van der Waals surface area contributed by atoms with Gasteiger partial charge in [-0.1, -0.05) is 48.7 Å². The normalized spacial score (nSPS) is 14.2. The van der Waals surface area contributed by atoms with Crippen LogP contribution in [0.5, 0.6) is 11.5 Å². The second kappa shape index (κ2) is 13.4. The van der Waals surface area contributed by atoms with Gasteiger partial charge >= 0.3 is 5.97 Å². The van der Waals surface area contributed by atoms with Crippen LogP contribution >= 0.6 is 0 Å². The van der Waals surface area contributed by atoms with Crippen LogP contribution in [0.25, 0.3) is 11.0 Å². The fourth-order valence-corrected chi connectivity index (χ4v) is 5.49. The number of para-hydroxylation sites is 1. The molecular formula is C32H35N5O6. The van der Waals surface area contributed by atoms with E-state index >= 15 is 0 Å². The van der Waals surface area contributed by atoms with E-state index in [1.54, 1.807) is 43.3 Å². The van der Waals surface area contributed by atoms with E-state index in [0.717, 1.165) is 32.1 Å². The summed E-state index contributed by atoms with van der Waals surface area (Å²) in [5.41, 5.74) is 2.18. The molecule has 0 bridgehead atoms. The predicted octanol–water partition coefficient (Wildman–Crippen LogP) is 4.55. The van der Waals surface area contributed by atoms with Crippen LogP contribution in [0, 0.1) is 0 Å². The fraction of sp³-hybridized carbons (Fsp3) is 0.344. The summed E-state index contributed by atoms with van der Waals surface area (Å²) in [5.74, 6) is -1.38. The Morgan fingerprint density at radius 2 is 1.84 bits per heavy atom. The molecule has 1 atom stereocenters. The van der Waals surface area contributed by atoms with Crippen LogP contribution in [-0.2, 0) is 20.9 Å². The lowest BCUT2D eigenvalue weighted by molar-refractivity contribution is -0.127. The van der Waals surface area contributed by atoms with Crippen LogP contribution < -0.4 is 15.0 Å². The molecule has 1 aromatic heterocycles. The summed E-state index contributed by atoms with van der Waals surface area (Å²) < 4.78 is 11.9. The van der Waals surface area contributed by atoms with E-state index in [2.05, 4.69) is 15.6 Å². The van der Waals surface area contributed by atoms with Crippen molar-refractivity contribution in [1.82, 2.24) is 20.3 Å². The third kappa shape index (κ3) is 6.61. The van der Waals surface area contributed by atoms with E-state index in [1.807, 2.05) is 18.2 Å². The molecule has 43 heavy (non-hydrogen) atoms. The Labute approximate surface area is 249 Å². The van der Waals surface area contributed by atoms with Crippen LogP contribution in [0.1, 0.15) is 61.0 Å². The number of nitrogens with one attached hydrogen (secondary N) is 1. The number of hydrogen-bond acceptors (Lipinski definition) is 8. The van der Waals surface area contributed by atoms with Crippen molar-refractivity contribution in [2.24, 2.45) is 0 Å². The Morgan fingerprint density at radius 3 is 2.58 bits per heavy atom. The highest BCUT2D eigenvalue weighted by Crippen LogP contribution is 2.35. The monoisotopic (exact) mass is 585 g/mol. The number of benzene rings is 3. The smallest absolute Gasteiger partial charge is 0.338 e. The van der Waals surface area contributed by atoms with E-state index in [9.17, 15) is 19.5 Å². The van der Waals surface area contributed by atoms with Gasteiger partial charge in [-0.15, -0.1) is 5.10 Å². The molecule has 0 aliphatic heterocycles. The number of amides is 2. The molecule has 1 heterocycles. The molecule has 5 rings (SSSR count). The molecule has 1 fully saturated rings. The van der Waals surface area contributed by atoms with Crippen molar-refractivity contribution < 1.29 is 29.0 Å². The number of anilines is 1. The molecule has 2 N–H and O–H groups in total. The number of carbonyl (C=O) groups excluding carboxylic acids is 3. The van der Waals surface area contributed by atoms with Crippen LogP contribution in [0.3, 0.4) is 0 Å². The molecule has 224 valence electrons. The van der Waals surface area contributed by atoms with E-state index < -0.39 is 23.8 Å². The second-order valence-electron chi connectivity index (χ2n) is 10.4. The third-order valence-corrected chi connectivity index (χ3v) is 7.59. The van der Waals surface area contributed by atoms with Gasteiger partial charge in [0.2, 0.25) is 11.8 Å². The minimum Gasteiger partial charge on any atom is -0.504 e. The van der Waals surface area contributed by atoms with Gasteiger partial charge in [0.05, 0.1) is 24.8 Å². The van der Waals surface area contributed by atoms with E-state index in [1.165, 1.54) is 28.8 Å². The number of phenolic OH excluding ortho intramolecular Hbond substituents is 1. The van der Waals surface area contributed by atoms with Crippen molar-refractivity contribution in [3.05, 3.63) is 77.9 Å². The maximum absolute atomic E-state index is 14.3. The maximum atomic E-state index is 14.3. The molecule has 0 spiro atoms. The molecular weight excluding hydrogens is 550 g/mol. The van der Waals surface area contributed by atoms with Crippen molar-refractivity contribution in [2.45, 2.75) is 57.7 Å². The van der Waals surface area contributed by atoms with Crippen LogP contribution in [0.2, 0.25) is 0 Å².